The molecule has 112 valence electrons. The number of amides is 1. The Morgan fingerprint density at radius 1 is 1.42 bits per heavy atom. The average molecular weight is 292 g/mol. The molecule has 0 unspecified atom stereocenters. The molecule has 1 fully saturated rings. The van der Waals surface area contributed by atoms with Gasteiger partial charge in [0.25, 0.3) is 0 Å². The fourth-order valence-corrected chi connectivity index (χ4v) is 3.36. The van der Waals surface area contributed by atoms with Crippen LogP contribution in [0.2, 0.25) is 0 Å². The minimum absolute atomic E-state index is 0.00176. The summed E-state index contributed by atoms with van der Waals surface area (Å²) in [6.07, 6.45) is 1.18. The van der Waals surface area contributed by atoms with E-state index in [0.717, 1.165) is 0 Å². The molecular weight excluding hydrogens is 268 g/mol. The van der Waals surface area contributed by atoms with Crippen molar-refractivity contribution in [3.63, 3.8) is 0 Å². The van der Waals surface area contributed by atoms with Crippen LogP contribution in [-0.4, -0.2) is 57.2 Å². The van der Waals surface area contributed by atoms with Crippen molar-refractivity contribution in [1.29, 1.82) is 0 Å². The molecule has 1 rings (SSSR count). The van der Waals surface area contributed by atoms with Crippen LogP contribution in [0.4, 0.5) is 0 Å². The molecule has 1 aliphatic rings. The van der Waals surface area contributed by atoms with Crippen LogP contribution in [0.3, 0.4) is 0 Å². The van der Waals surface area contributed by atoms with Gasteiger partial charge in [0.2, 0.25) is 15.9 Å². The summed E-state index contributed by atoms with van der Waals surface area (Å²) < 4.78 is 29.9. The maximum absolute atomic E-state index is 12.0. The number of hydrogen-bond acceptors (Lipinski definition) is 4. The Morgan fingerprint density at radius 2 is 2.00 bits per heavy atom. The standard InChI is InChI=1S/C12H24N2O4S/c1-4-19(16,17)14-7-5-11(6-8-14)12(15)13-10(2)9-18-3/h10-11H,4-9H2,1-3H3,(H,13,15)/t10-/m1/s1. The zero-order valence-electron chi connectivity index (χ0n) is 11.9. The molecule has 0 bridgehead atoms. The fourth-order valence-electron chi connectivity index (χ4n) is 2.23. The second-order valence-corrected chi connectivity index (χ2v) is 7.20. The summed E-state index contributed by atoms with van der Waals surface area (Å²) in [7, 11) is -1.53. The van der Waals surface area contributed by atoms with Gasteiger partial charge in [0.1, 0.15) is 0 Å². The van der Waals surface area contributed by atoms with Gasteiger partial charge in [-0.2, -0.15) is 0 Å². The van der Waals surface area contributed by atoms with Gasteiger partial charge >= 0.3 is 0 Å². The van der Waals surface area contributed by atoms with Crippen molar-refractivity contribution >= 4 is 15.9 Å². The van der Waals surface area contributed by atoms with E-state index in [1.54, 1.807) is 14.0 Å². The van der Waals surface area contributed by atoms with Gasteiger partial charge in [-0.3, -0.25) is 4.79 Å². The highest BCUT2D eigenvalue weighted by Crippen LogP contribution is 2.20. The quantitative estimate of drug-likeness (QED) is 0.759. The van der Waals surface area contributed by atoms with Crippen molar-refractivity contribution in [2.24, 2.45) is 5.92 Å². The summed E-state index contributed by atoms with van der Waals surface area (Å²) in [5.41, 5.74) is 0. The number of methoxy groups -OCH3 is 1. The lowest BCUT2D eigenvalue weighted by Crippen LogP contribution is -2.45. The molecule has 0 aromatic heterocycles. The Hall–Kier alpha value is -0.660. The molecule has 1 heterocycles. The van der Waals surface area contributed by atoms with E-state index in [-0.39, 0.29) is 23.6 Å². The first-order chi connectivity index (χ1) is 8.90. The zero-order valence-corrected chi connectivity index (χ0v) is 12.7. The number of hydrogen-bond donors (Lipinski definition) is 1. The van der Waals surface area contributed by atoms with Crippen LogP contribution in [0.5, 0.6) is 0 Å². The van der Waals surface area contributed by atoms with E-state index >= 15 is 0 Å². The third-order valence-corrected chi connectivity index (χ3v) is 5.27. The van der Waals surface area contributed by atoms with E-state index in [1.165, 1.54) is 4.31 Å². The van der Waals surface area contributed by atoms with Gasteiger partial charge in [0.05, 0.1) is 12.4 Å². The molecular formula is C12H24N2O4S. The topological polar surface area (TPSA) is 75.7 Å². The van der Waals surface area contributed by atoms with E-state index in [1.807, 2.05) is 6.92 Å². The lowest BCUT2D eigenvalue weighted by Gasteiger charge is -2.30. The maximum Gasteiger partial charge on any atom is 0.223 e. The van der Waals surface area contributed by atoms with Crippen molar-refractivity contribution in [2.75, 3.05) is 32.6 Å². The molecule has 1 amide bonds. The van der Waals surface area contributed by atoms with Crippen LogP contribution >= 0.6 is 0 Å². The average Bonchev–Trinajstić information content (AvgIpc) is 2.39. The summed E-state index contributed by atoms with van der Waals surface area (Å²) in [5.74, 6) is 0.0232. The van der Waals surface area contributed by atoms with Gasteiger partial charge in [-0.15, -0.1) is 0 Å². The van der Waals surface area contributed by atoms with E-state index in [2.05, 4.69) is 5.32 Å². The third-order valence-electron chi connectivity index (χ3n) is 3.39. The van der Waals surface area contributed by atoms with Gasteiger partial charge < -0.3 is 10.1 Å². The number of carbonyl (C=O) groups is 1. The first-order valence-electron chi connectivity index (χ1n) is 6.67. The first kappa shape index (κ1) is 16.4. The van der Waals surface area contributed by atoms with E-state index in [4.69, 9.17) is 4.74 Å². The normalized spacial score (nSPS) is 20.2. The molecule has 6 nitrogen and oxygen atoms in total. The van der Waals surface area contributed by atoms with Crippen LogP contribution in [-0.2, 0) is 19.6 Å². The summed E-state index contributed by atoms with van der Waals surface area (Å²) in [6, 6.07) is -0.0186. The molecule has 1 saturated heterocycles. The van der Waals surface area contributed by atoms with Crippen LogP contribution in [0, 0.1) is 5.92 Å². The zero-order chi connectivity index (χ0) is 14.5. The highest BCUT2D eigenvalue weighted by molar-refractivity contribution is 7.89. The van der Waals surface area contributed by atoms with Crippen LogP contribution in [0.25, 0.3) is 0 Å². The molecule has 19 heavy (non-hydrogen) atoms. The van der Waals surface area contributed by atoms with Crippen LogP contribution < -0.4 is 5.32 Å². The Labute approximate surface area is 115 Å². The first-order valence-corrected chi connectivity index (χ1v) is 8.28. The number of carbonyl (C=O) groups excluding carboxylic acids is 1. The molecule has 0 radical (unpaired) electrons. The smallest absolute Gasteiger partial charge is 0.223 e. The Bertz CT molecular complexity index is 389. The van der Waals surface area contributed by atoms with Gasteiger partial charge in [-0.05, 0) is 26.7 Å². The number of piperidine rings is 1. The molecule has 7 heteroatoms. The monoisotopic (exact) mass is 292 g/mol. The largest absolute Gasteiger partial charge is 0.383 e. The SMILES string of the molecule is CCS(=O)(=O)N1CCC(C(=O)N[C@H](C)COC)CC1. The third kappa shape index (κ3) is 4.74. The second kappa shape index (κ2) is 7.21. The number of rotatable bonds is 6. The number of ether oxygens (including phenoxy) is 1. The Balaban J connectivity index is 2.43. The van der Waals surface area contributed by atoms with E-state index in [0.29, 0.717) is 32.5 Å². The Kier molecular flexibility index (Phi) is 6.22. The lowest BCUT2D eigenvalue weighted by atomic mass is 9.97. The molecule has 0 aliphatic carbocycles. The minimum atomic E-state index is -3.12. The Morgan fingerprint density at radius 3 is 2.47 bits per heavy atom. The van der Waals surface area contributed by atoms with Crippen molar-refractivity contribution in [3.05, 3.63) is 0 Å². The van der Waals surface area contributed by atoms with Gasteiger partial charge in [0, 0.05) is 32.2 Å². The molecule has 0 aromatic carbocycles. The molecule has 0 saturated carbocycles. The van der Waals surface area contributed by atoms with Crippen molar-refractivity contribution in [1.82, 2.24) is 9.62 Å². The predicted octanol–water partition coefficient (Wildman–Crippen LogP) is 0.199. The number of sulfonamides is 1. The van der Waals surface area contributed by atoms with Crippen LogP contribution in [0.1, 0.15) is 26.7 Å². The molecule has 1 atom stereocenters. The maximum atomic E-state index is 12.0. The molecule has 1 aliphatic heterocycles. The fraction of sp³-hybridized carbons (Fsp3) is 0.917. The number of nitrogens with zero attached hydrogens (tertiary/aromatic N) is 1. The molecule has 0 spiro atoms. The molecule has 0 aromatic rings. The van der Waals surface area contributed by atoms with Crippen molar-refractivity contribution in [2.45, 2.75) is 32.7 Å². The van der Waals surface area contributed by atoms with Crippen molar-refractivity contribution in [3.8, 4) is 0 Å². The highest BCUT2D eigenvalue weighted by Gasteiger charge is 2.30. The minimum Gasteiger partial charge on any atom is -0.383 e. The second-order valence-electron chi connectivity index (χ2n) is 4.94. The predicted molar refractivity (Wildman–Crippen MR) is 73.2 cm³/mol. The van der Waals surface area contributed by atoms with E-state index < -0.39 is 10.0 Å². The van der Waals surface area contributed by atoms with Gasteiger partial charge in [0.15, 0.2) is 0 Å². The lowest BCUT2D eigenvalue weighted by molar-refractivity contribution is -0.127. The summed E-state index contributed by atoms with van der Waals surface area (Å²) in [6.45, 7) is 4.88. The van der Waals surface area contributed by atoms with Crippen LogP contribution in [0.15, 0.2) is 0 Å². The number of nitrogens with one attached hydrogen (secondary N) is 1. The summed E-state index contributed by atoms with van der Waals surface area (Å²) in [4.78, 5) is 12.0. The highest BCUT2D eigenvalue weighted by atomic mass is 32.2. The summed E-state index contributed by atoms with van der Waals surface area (Å²) in [5, 5.41) is 2.89. The summed E-state index contributed by atoms with van der Waals surface area (Å²) >= 11 is 0. The van der Waals surface area contributed by atoms with Gasteiger partial charge in [-0.25, -0.2) is 12.7 Å². The van der Waals surface area contributed by atoms with E-state index in [9.17, 15) is 13.2 Å². The molecule has 1 N–H and O–H groups in total. The van der Waals surface area contributed by atoms with Gasteiger partial charge in [-0.1, -0.05) is 0 Å². The van der Waals surface area contributed by atoms with Crippen molar-refractivity contribution < 1.29 is 17.9 Å².